The molecule has 3 rings (SSSR count). The van der Waals surface area contributed by atoms with Gasteiger partial charge >= 0.3 is 0 Å². The first-order valence-corrected chi connectivity index (χ1v) is 12.0. The van der Waals surface area contributed by atoms with Gasteiger partial charge in [0.1, 0.15) is 17.3 Å². The number of ether oxygens (including phenoxy) is 2. The van der Waals surface area contributed by atoms with Crippen molar-refractivity contribution < 1.29 is 27.1 Å². The van der Waals surface area contributed by atoms with Crippen LogP contribution in [-0.4, -0.2) is 43.8 Å². The quantitative estimate of drug-likeness (QED) is 0.463. The normalized spacial score (nSPS) is 11.3. The van der Waals surface area contributed by atoms with E-state index in [-0.39, 0.29) is 25.3 Å². The second kappa shape index (κ2) is 11.1. The van der Waals surface area contributed by atoms with Gasteiger partial charge in [0.2, 0.25) is 10.0 Å². The molecule has 8 nitrogen and oxygen atoms in total. The summed E-state index contributed by atoms with van der Waals surface area (Å²) in [5.41, 5.74) is 1.25. The summed E-state index contributed by atoms with van der Waals surface area (Å²) in [6.07, 6.45) is 3.34. The Morgan fingerprint density at radius 2 is 1.85 bits per heavy atom. The third-order valence-corrected chi connectivity index (χ3v) is 7.12. The summed E-state index contributed by atoms with van der Waals surface area (Å²) in [6, 6.07) is 11.7. The number of hydrogen-bond donors (Lipinski definition) is 1. The molecule has 0 unspecified atom stereocenters. The summed E-state index contributed by atoms with van der Waals surface area (Å²) >= 11 is 0. The van der Waals surface area contributed by atoms with E-state index in [4.69, 9.17) is 9.47 Å². The smallest absolute Gasteiger partial charge is 0.255 e. The standard InChI is InChI=1S/C24H26FN3O5S/c1-4-28(5-2)34(30,31)23-13-18(8-10-20(23)25)24(29)27-19-9-11-21(32-3)22(14-19)33-16-17-7-6-12-26-15-17/h6-15H,4-5,16H2,1-3H3,(H,27,29). The van der Waals surface area contributed by atoms with Crippen molar-refractivity contribution in [1.29, 1.82) is 0 Å². The number of carbonyl (C=O) groups is 1. The van der Waals surface area contributed by atoms with Gasteiger partial charge in [0.15, 0.2) is 11.5 Å². The molecule has 0 bridgehead atoms. The molecule has 2 aromatic carbocycles. The number of amides is 1. The van der Waals surface area contributed by atoms with Crippen LogP contribution >= 0.6 is 0 Å². The Bertz CT molecular complexity index is 1250. The van der Waals surface area contributed by atoms with Gasteiger partial charge in [-0.1, -0.05) is 19.9 Å². The van der Waals surface area contributed by atoms with Crippen molar-refractivity contribution in [2.45, 2.75) is 25.3 Å². The van der Waals surface area contributed by atoms with Crippen LogP contribution in [0.5, 0.6) is 11.5 Å². The first kappa shape index (κ1) is 25.1. The van der Waals surface area contributed by atoms with E-state index < -0.39 is 26.6 Å². The molecule has 180 valence electrons. The van der Waals surface area contributed by atoms with Crippen LogP contribution < -0.4 is 14.8 Å². The molecule has 0 saturated carbocycles. The van der Waals surface area contributed by atoms with Gasteiger partial charge in [-0.15, -0.1) is 0 Å². The number of nitrogens with zero attached hydrogens (tertiary/aromatic N) is 2. The van der Waals surface area contributed by atoms with E-state index in [2.05, 4.69) is 10.3 Å². The first-order chi connectivity index (χ1) is 16.3. The fourth-order valence-corrected chi connectivity index (χ4v) is 4.81. The molecule has 0 aliphatic rings. The molecule has 0 fully saturated rings. The van der Waals surface area contributed by atoms with Gasteiger partial charge in [-0.25, -0.2) is 12.8 Å². The van der Waals surface area contributed by atoms with E-state index in [1.165, 1.54) is 13.2 Å². The summed E-state index contributed by atoms with van der Waals surface area (Å²) in [6.45, 7) is 3.93. The highest BCUT2D eigenvalue weighted by Crippen LogP contribution is 2.31. The minimum atomic E-state index is -4.07. The van der Waals surface area contributed by atoms with Crippen molar-refractivity contribution in [2.24, 2.45) is 0 Å². The lowest BCUT2D eigenvalue weighted by Gasteiger charge is -2.19. The number of nitrogens with one attached hydrogen (secondary N) is 1. The van der Waals surface area contributed by atoms with Crippen LogP contribution in [0.15, 0.2) is 65.8 Å². The molecule has 0 spiro atoms. The average Bonchev–Trinajstić information content (AvgIpc) is 2.84. The molecule has 0 saturated heterocycles. The maximum atomic E-state index is 14.4. The number of carbonyl (C=O) groups excluding carboxylic acids is 1. The fraction of sp³-hybridized carbons (Fsp3) is 0.250. The largest absolute Gasteiger partial charge is 0.493 e. The molecule has 1 N–H and O–H groups in total. The van der Waals surface area contributed by atoms with Gasteiger partial charge in [0, 0.05) is 48.4 Å². The van der Waals surface area contributed by atoms with E-state index >= 15 is 0 Å². The van der Waals surface area contributed by atoms with Crippen molar-refractivity contribution in [3.05, 3.63) is 77.9 Å². The SMILES string of the molecule is CCN(CC)S(=O)(=O)c1cc(C(=O)Nc2ccc(OC)c(OCc3cccnc3)c2)ccc1F. The van der Waals surface area contributed by atoms with E-state index in [0.717, 1.165) is 22.0 Å². The predicted octanol–water partition coefficient (Wildman–Crippen LogP) is 4.09. The molecule has 34 heavy (non-hydrogen) atoms. The molecular formula is C24H26FN3O5S. The van der Waals surface area contributed by atoms with E-state index in [0.29, 0.717) is 17.2 Å². The van der Waals surface area contributed by atoms with Gasteiger partial charge in [-0.2, -0.15) is 4.31 Å². The molecule has 0 aliphatic carbocycles. The number of sulfonamides is 1. The van der Waals surface area contributed by atoms with Gasteiger partial charge in [0.05, 0.1) is 7.11 Å². The highest BCUT2D eigenvalue weighted by molar-refractivity contribution is 7.89. The Morgan fingerprint density at radius 3 is 2.50 bits per heavy atom. The van der Waals surface area contributed by atoms with E-state index in [9.17, 15) is 17.6 Å². The summed E-state index contributed by atoms with van der Waals surface area (Å²) in [5, 5.41) is 2.69. The predicted molar refractivity (Wildman–Crippen MR) is 126 cm³/mol. The molecule has 1 aromatic heterocycles. The average molecular weight is 488 g/mol. The monoisotopic (exact) mass is 487 g/mol. The van der Waals surface area contributed by atoms with Gasteiger partial charge in [-0.05, 0) is 36.4 Å². The number of aromatic nitrogens is 1. The van der Waals surface area contributed by atoms with Crippen molar-refractivity contribution in [3.8, 4) is 11.5 Å². The van der Waals surface area contributed by atoms with Crippen molar-refractivity contribution in [3.63, 3.8) is 0 Å². The Morgan fingerprint density at radius 1 is 1.09 bits per heavy atom. The zero-order valence-electron chi connectivity index (χ0n) is 19.1. The molecular weight excluding hydrogens is 461 g/mol. The lowest BCUT2D eigenvalue weighted by atomic mass is 10.2. The number of methoxy groups -OCH3 is 1. The third kappa shape index (κ3) is 5.70. The van der Waals surface area contributed by atoms with Crippen molar-refractivity contribution in [1.82, 2.24) is 9.29 Å². The van der Waals surface area contributed by atoms with Gasteiger partial charge < -0.3 is 14.8 Å². The minimum Gasteiger partial charge on any atom is -0.493 e. The zero-order chi connectivity index (χ0) is 24.7. The number of rotatable bonds is 10. The molecule has 1 amide bonds. The van der Waals surface area contributed by atoms with Crippen molar-refractivity contribution >= 4 is 21.6 Å². The van der Waals surface area contributed by atoms with Crippen LogP contribution in [-0.2, 0) is 16.6 Å². The lowest BCUT2D eigenvalue weighted by molar-refractivity contribution is 0.102. The van der Waals surface area contributed by atoms with E-state index in [1.807, 2.05) is 6.07 Å². The van der Waals surface area contributed by atoms with Crippen molar-refractivity contribution in [2.75, 3.05) is 25.5 Å². The van der Waals surface area contributed by atoms with Gasteiger partial charge in [-0.3, -0.25) is 9.78 Å². The fourth-order valence-electron chi connectivity index (χ4n) is 3.26. The Hall–Kier alpha value is -3.50. The van der Waals surface area contributed by atoms with Crippen LogP contribution in [0.25, 0.3) is 0 Å². The summed E-state index contributed by atoms with van der Waals surface area (Å²) in [7, 11) is -2.57. The molecule has 0 aliphatic heterocycles. The Kier molecular flexibility index (Phi) is 8.19. The maximum absolute atomic E-state index is 14.4. The number of anilines is 1. The van der Waals surface area contributed by atoms with Crippen LogP contribution in [0, 0.1) is 5.82 Å². The van der Waals surface area contributed by atoms with Crippen LogP contribution in [0.1, 0.15) is 29.8 Å². The van der Waals surface area contributed by atoms with E-state index in [1.54, 1.807) is 50.5 Å². The Balaban J connectivity index is 1.83. The molecule has 3 aromatic rings. The zero-order valence-corrected chi connectivity index (χ0v) is 19.9. The summed E-state index contributed by atoms with van der Waals surface area (Å²) < 4.78 is 52.2. The summed E-state index contributed by atoms with van der Waals surface area (Å²) in [4.78, 5) is 16.3. The third-order valence-electron chi connectivity index (χ3n) is 5.06. The minimum absolute atomic E-state index is 0.000720. The number of pyridine rings is 1. The second-order valence-electron chi connectivity index (χ2n) is 7.20. The van der Waals surface area contributed by atoms with Crippen LogP contribution in [0.2, 0.25) is 0 Å². The number of benzene rings is 2. The molecule has 1 heterocycles. The highest BCUT2D eigenvalue weighted by atomic mass is 32.2. The lowest BCUT2D eigenvalue weighted by Crippen LogP contribution is -2.31. The Labute approximate surface area is 198 Å². The number of hydrogen-bond acceptors (Lipinski definition) is 6. The second-order valence-corrected chi connectivity index (χ2v) is 9.11. The maximum Gasteiger partial charge on any atom is 0.255 e. The van der Waals surface area contributed by atoms with Crippen LogP contribution in [0.4, 0.5) is 10.1 Å². The molecule has 0 radical (unpaired) electrons. The van der Waals surface area contributed by atoms with Crippen LogP contribution in [0.3, 0.4) is 0 Å². The summed E-state index contributed by atoms with van der Waals surface area (Å²) in [5.74, 6) is -0.650. The highest BCUT2D eigenvalue weighted by Gasteiger charge is 2.26. The topological polar surface area (TPSA) is 97.8 Å². The first-order valence-electron chi connectivity index (χ1n) is 10.6. The number of halogens is 1. The molecule has 0 atom stereocenters. The molecule has 10 heteroatoms. The van der Waals surface area contributed by atoms with Gasteiger partial charge in [0.25, 0.3) is 5.91 Å².